The summed E-state index contributed by atoms with van der Waals surface area (Å²) in [6, 6.07) is 5.29. The van der Waals surface area contributed by atoms with Gasteiger partial charge >= 0.3 is 6.36 Å². The molecule has 2 atom stereocenters. The van der Waals surface area contributed by atoms with Gasteiger partial charge in [-0.3, -0.25) is 9.59 Å². The second-order valence-electron chi connectivity index (χ2n) is 10.0. The smallest absolute Gasteiger partial charge is 0.406 e. The molecule has 1 aliphatic heterocycles. The summed E-state index contributed by atoms with van der Waals surface area (Å²) >= 11 is 0. The third-order valence-corrected chi connectivity index (χ3v) is 7.06. The van der Waals surface area contributed by atoms with Gasteiger partial charge in [-0.05, 0) is 48.9 Å². The lowest BCUT2D eigenvalue weighted by Crippen LogP contribution is -2.49. The summed E-state index contributed by atoms with van der Waals surface area (Å²) in [7, 11) is 0. The summed E-state index contributed by atoms with van der Waals surface area (Å²) in [6.45, 7) is 6.57. The van der Waals surface area contributed by atoms with Gasteiger partial charge in [-0.15, -0.1) is 13.2 Å². The van der Waals surface area contributed by atoms with Crippen LogP contribution in [0.4, 0.5) is 18.9 Å². The number of rotatable bonds is 10. The zero-order valence-electron chi connectivity index (χ0n) is 21.1. The third-order valence-electron chi connectivity index (χ3n) is 7.06. The SMILES string of the molecule is CC(C)[C@@H](CNc1ccc(OC(F)(F)F)cc1)NC(=O)C(CC(=O)N1CCOCC1)C1CCCCC1. The van der Waals surface area contributed by atoms with Crippen LogP contribution in [0.15, 0.2) is 24.3 Å². The molecule has 1 saturated heterocycles. The first-order chi connectivity index (χ1) is 17.1. The number of hydrogen-bond donors (Lipinski definition) is 2. The van der Waals surface area contributed by atoms with E-state index in [0.717, 1.165) is 32.1 Å². The first-order valence-electron chi connectivity index (χ1n) is 12.9. The summed E-state index contributed by atoms with van der Waals surface area (Å²) in [5, 5.41) is 6.36. The maximum Gasteiger partial charge on any atom is 0.573 e. The van der Waals surface area contributed by atoms with E-state index in [1.807, 2.05) is 13.8 Å². The Morgan fingerprint density at radius 3 is 2.31 bits per heavy atom. The van der Waals surface area contributed by atoms with E-state index in [9.17, 15) is 22.8 Å². The molecule has 2 amide bonds. The predicted octanol–water partition coefficient (Wildman–Crippen LogP) is 4.58. The molecule has 1 aromatic carbocycles. The van der Waals surface area contributed by atoms with E-state index >= 15 is 0 Å². The maximum atomic E-state index is 13.5. The Morgan fingerprint density at radius 1 is 1.08 bits per heavy atom. The van der Waals surface area contributed by atoms with Crippen LogP contribution in [0.2, 0.25) is 0 Å². The van der Waals surface area contributed by atoms with Crippen LogP contribution in [-0.4, -0.2) is 62.0 Å². The Bertz CT molecular complexity index is 836. The molecule has 2 fully saturated rings. The number of nitrogens with one attached hydrogen (secondary N) is 2. The molecule has 0 radical (unpaired) electrons. The van der Waals surface area contributed by atoms with Crippen molar-refractivity contribution in [2.75, 3.05) is 38.2 Å². The van der Waals surface area contributed by atoms with E-state index in [1.165, 1.54) is 24.3 Å². The Hall–Kier alpha value is -2.49. The minimum absolute atomic E-state index is 0.00408. The molecule has 7 nitrogen and oxygen atoms in total. The third kappa shape index (κ3) is 8.87. The van der Waals surface area contributed by atoms with Gasteiger partial charge in [0.1, 0.15) is 5.75 Å². The summed E-state index contributed by atoms with van der Waals surface area (Å²) in [4.78, 5) is 28.3. The van der Waals surface area contributed by atoms with E-state index in [2.05, 4.69) is 15.4 Å². The van der Waals surface area contributed by atoms with Crippen molar-refractivity contribution >= 4 is 17.5 Å². The Labute approximate surface area is 211 Å². The lowest BCUT2D eigenvalue weighted by molar-refractivity contribution is -0.274. The fourth-order valence-corrected chi connectivity index (χ4v) is 4.89. The number of hydrogen-bond acceptors (Lipinski definition) is 5. The molecule has 1 saturated carbocycles. The van der Waals surface area contributed by atoms with Crippen LogP contribution in [0.25, 0.3) is 0 Å². The van der Waals surface area contributed by atoms with Crippen LogP contribution < -0.4 is 15.4 Å². The first kappa shape index (κ1) is 28.1. The number of nitrogens with zero attached hydrogens (tertiary/aromatic N) is 1. The normalized spacial score (nSPS) is 19.0. The van der Waals surface area contributed by atoms with Gasteiger partial charge in [0.15, 0.2) is 0 Å². The van der Waals surface area contributed by atoms with Crippen molar-refractivity contribution in [1.29, 1.82) is 0 Å². The van der Waals surface area contributed by atoms with Crippen molar-refractivity contribution in [3.05, 3.63) is 24.3 Å². The lowest BCUT2D eigenvalue weighted by atomic mass is 9.77. The molecular formula is C26H38F3N3O4. The number of halogens is 3. The minimum Gasteiger partial charge on any atom is -0.406 e. The highest BCUT2D eigenvalue weighted by molar-refractivity contribution is 5.86. The van der Waals surface area contributed by atoms with Crippen molar-refractivity contribution < 1.29 is 32.2 Å². The molecule has 1 aromatic rings. The van der Waals surface area contributed by atoms with E-state index < -0.39 is 6.36 Å². The monoisotopic (exact) mass is 513 g/mol. The van der Waals surface area contributed by atoms with Gasteiger partial charge in [-0.2, -0.15) is 0 Å². The molecule has 1 unspecified atom stereocenters. The molecule has 36 heavy (non-hydrogen) atoms. The second kappa shape index (κ2) is 13.2. The fourth-order valence-electron chi connectivity index (χ4n) is 4.89. The summed E-state index contributed by atoms with van der Waals surface area (Å²) in [6.07, 6.45) is 0.673. The predicted molar refractivity (Wildman–Crippen MR) is 130 cm³/mol. The lowest BCUT2D eigenvalue weighted by Gasteiger charge is -2.34. The first-order valence-corrected chi connectivity index (χ1v) is 12.9. The Balaban J connectivity index is 1.61. The van der Waals surface area contributed by atoms with Crippen LogP contribution >= 0.6 is 0 Å². The molecule has 0 aromatic heterocycles. The molecule has 2 N–H and O–H groups in total. The Kier molecular flexibility index (Phi) is 10.3. The van der Waals surface area contributed by atoms with Gasteiger partial charge in [0, 0.05) is 43.7 Å². The average Bonchev–Trinajstić information content (AvgIpc) is 2.85. The highest BCUT2D eigenvalue weighted by atomic mass is 19.4. The Morgan fingerprint density at radius 2 is 1.72 bits per heavy atom. The topological polar surface area (TPSA) is 79.9 Å². The largest absolute Gasteiger partial charge is 0.573 e. The number of carbonyl (C=O) groups excluding carboxylic acids is 2. The van der Waals surface area contributed by atoms with Crippen molar-refractivity contribution in [2.45, 2.75) is 64.8 Å². The van der Waals surface area contributed by atoms with Crippen molar-refractivity contribution in [1.82, 2.24) is 10.2 Å². The van der Waals surface area contributed by atoms with Gasteiger partial charge in [0.2, 0.25) is 11.8 Å². The van der Waals surface area contributed by atoms with Crippen LogP contribution in [0.3, 0.4) is 0 Å². The molecule has 3 rings (SSSR count). The van der Waals surface area contributed by atoms with Gasteiger partial charge in [-0.1, -0.05) is 33.1 Å². The summed E-state index contributed by atoms with van der Waals surface area (Å²) < 4.78 is 46.4. The minimum atomic E-state index is -4.74. The number of anilines is 1. The molecule has 0 spiro atoms. The van der Waals surface area contributed by atoms with E-state index in [1.54, 1.807) is 4.90 Å². The number of ether oxygens (including phenoxy) is 2. The second-order valence-corrected chi connectivity index (χ2v) is 10.0. The summed E-state index contributed by atoms with van der Waals surface area (Å²) in [5.74, 6) is -0.466. The van der Waals surface area contributed by atoms with Gasteiger partial charge in [-0.25, -0.2) is 0 Å². The van der Waals surface area contributed by atoms with Crippen LogP contribution in [0.1, 0.15) is 52.4 Å². The van der Waals surface area contributed by atoms with Crippen molar-refractivity contribution in [3.63, 3.8) is 0 Å². The molecular weight excluding hydrogens is 475 g/mol. The summed E-state index contributed by atoms with van der Waals surface area (Å²) in [5.41, 5.74) is 0.621. The van der Waals surface area contributed by atoms with Gasteiger partial charge < -0.3 is 25.0 Å². The highest BCUT2D eigenvalue weighted by Crippen LogP contribution is 2.33. The van der Waals surface area contributed by atoms with Crippen molar-refractivity contribution in [3.8, 4) is 5.75 Å². The molecule has 1 aliphatic carbocycles. The van der Waals surface area contributed by atoms with Crippen LogP contribution in [-0.2, 0) is 14.3 Å². The van der Waals surface area contributed by atoms with E-state index in [0.29, 0.717) is 38.5 Å². The standard InChI is InChI=1S/C26H38F3N3O4/c1-18(2)23(17-30-20-8-10-21(11-9-20)36-26(27,28)29)31-25(34)22(19-6-4-3-5-7-19)16-24(33)32-12-14-35-15-13-32/h8-11,18-19,22-23,30H,3-7,12-17H2,1-2H3,(H,31,34)/t22?,23-/m1/s1. The number of morpholine rings is 1. The zero-order valence-corrected chi connectivity index (χ0v) is 21.1. The molecule has 2 aliphatic rings. The van der Waals surface area contributed by atoms with E-state index in [-0.39, 0.29) is 47.8 Å². The number of carbonyl (C=O) groups is 2. The number of alkyl halides is 3. The number of benzene rings is 1. The fraction of sp³-hybridized carbons (Fsp3) is 0.692. The maximum absolute atomic E-state index is 13.5. The van der Waals surface area contributed by atoms with Crippen molar-refractivity contribution in [2.24, 2.45) is 17.8 Å². The molecule has 202 valence electrons. The van der Waals surface area contributed by atoms with Gasteiger partial charge in [0.25, 0.3) is 0 Å². The van der Waals surface area contributed by atoms with E-state index in [4.69, 9.17) is 4.74 Å². The quantitative estimate of drug-likeness (QED) is 0.479. The highest BCUT2D eigenvalue weighted by Gasteiger charge is 2.34. The van der Waals surface area contributed by atoms with Gasteiger partial charge in [0.05, 0.1) is 13.2 Å². The molecule has 1 heterocycles. The zero-order chi connectivity index (χ0) is 26.1. The molecule has 0 bridgehead atoms. The number of amides is 2. The van der Waals surface area contributed by atoms with Crippen LogP contribution in [0, 0.1) is 17.8 Å². The molecule has 10 heteroatoms. The van der Waals surface area contributed by atoms with Crippen LogP contribution in [0.5, 0.6) is 5.75 Å². The average molecular weight is 514 g/mol.